The van der Waals surface area contributed by atoms with Crippen LogP contribution in [0.25, 0.3) is 11.1 Å². The van der Waals surface area contributed by atoms with Gasteiger partial charge in [0.1, 0.15) is 0 Å². The molecule has 3 N–H and O–H groups in total. The van der Waals surface area contributed by atoms with Gasteiger partial charge in [-0.05, 0) is 29.3 Å². The maximum absolute atomic E-state index is 11.0. The van der Waals surface area contributed by atoms with Crippen molar-refractivity contribution in [2.24, 2.45) is 0 Å². The van der Waals surface area contributed by atoms with Gasteiger partial charge >= 0.3 is 5.97 Å². The molecule has 0 spiro atoms. The van der Waals surface area contributed by atoms with E-state index in [1.165, 1.54) is 6.20 Å². The summed E-state index contributed by atoms with van der Waals surface area (Å²) >= 11 is 0. The molecular weight excluding hydrogens is 204 g/mol. The molecule has 4 nitrogen and oxygen atoms in total. The number of nitrogens with zero attached hydrogens (tertiary/aromatic N) is 1. The number of carboxylic acids is 1. The average molecular weight is 214 g/mol. The molecule has 0 bridgehead atoms. The zero-order valence-corrected chi connectivity index (χ0v) is 8.42. The number of nitrogen functional groups attached to an aromatic ring is 1. The molecule has 16 heavy (non-hydrogen) atoms. The molecule has 0 atom stereocenters. The Morgan fingerprint density at radius 3 is 2.81 bits per heavy atom. The summed E-state index contributed by atoms with van der Waals surface area (Å²) in [5.74, 6) is -0.995. The minimum Gasteiger partial charge on any atom is -0.478 e. The van der Waals surface area contributed by atoms with Gasteiger partial charge in [-0.25, -0.2) is 4.79 Å². The summed E-state index contributed by atoms with van der Waals surface area (Å²) in [6.07, 6.45) is 2.89. The molecule has 0 fully saturated rings. The normalized spacial score (nSPS) is 10.0. The third-order valence-electron chi connectivity index (χ3n) is 2.25. The SMILES string of the molecule is Nc1cccc(-c2ccncc2C(=O)O)c1. The van der Waals surface area contributed by atoms with Gasteiger partial charge in [0, 0.05) is 18.1 Å². The van der Waals surface area contributed by atoms with Crippen LogP contribution >= 0.6 is 0 Å². The summed E-state index contributed by atoms with van der Waals surface area (Å²) < 4.78 is 0. The lowest BCUT2D eigenvalue weighted by molar-refractivity contribution is 0.0697. The summed E-state index contributed by atoms with van der Waals surface area (Å²) in [5.41, 5.74) is 7.83. The molecule has 2 aromatic rings. The molecule has 1 aromatic carbocycles. The summed E-state index contributed by atoms with van der Waals surface area (Å²) in [6, 6.07) is 8.76. The van der Waals surface area contributed by atoms with E-state index >= 15 is 0 Å². The minimum absolute atomic E-state index is 0.174. The van der Waals surface area contributed by atoms with Crippen LogP contribution in [0, 0.1) is 0 Å². The molecule has 1 aromatic heterocycles. The Labute approximate surface area is 92.4 Å². The summed E-state index contributed by atoms with van der Waals surface area (Å²) in [6.45, 7) is 0. The average Bonchev–Trinajstić information content (AvgIpc) is 2.29. The van der Waals surface area contributed by atoms with Crippen molar-refractivity contribution in [1.29, 1.82) is 0 Å². The van der Waals surface area contributed by atoms with E-state index < -0.39 is 5.97 Å². The van der Waals surface area contributed by atoms with Gasteiger partial charge in [-0.1, -0.05) is 12.1 Å². The highest BCUT2D eigenvalue weighted by Gasteiger charge is 2.11. The Hall–Kier alpha value is -2.36. The van der Waals surface area contributed by atoms with Gasteiger partial charge in [0.05, 0.1) is 5.56 Å². The number of aromatic carboxylic acids is 1. The largest absolute Gasteiger partial charge is 0.478 e. The van der Waals surface area contributed by atoms with E-state index in [1.807, 2.05) is 6.07 Å². The second-order valence-electron chi connectivity index (χ2n) is 3.35. The third kappa shape index (κ3) is 1.86. The van der Waals surface area contributed by atoms with Crippen molar-refractivity contribution in [1.82, 2.24) is 4.98 Å². The van der Waals surface area contributed by atoms with Crippen molar-refractivity contribution in [2.45, 2.75) is 0 Å². The molecule has 0 aliphatic heterocycles. The summed E-state index contributed by atoms with van der Waals surface area (Å²) in [5, 5.41) is 9.03. The van der Waals surface area contributed by atoms with E-state index in [-0.39, 0.29) is 5.56 Å². The topological polar surface area (TPSA) is 76.2 Å². The van der Waals surface area contributed by atoms with Crippen molar-refractivity contribution in [3.63, 3.8) is 0 Å². The Morgan fingerprint density at radius 2 is 2.12 bits per heavy atom. The number of hydrogen-bond acceptors (Lipinski definition) is 3. The van der Waals surface area contributed by atoms with E-state index in [9.17, 15) is 4.79 Å². The van der Waals surface area contributed by atoms with Gasteiger partial charge in [0.2, 0.25) is 0 Å². The van der Waals surface area contributed by atoms with Crippen molar-refractivity contribution < 1.29 is 9.90 Å². The molecule has 0 aliphatic rings. The molecule has 0 saturated heterocycles. The van der Waals surface area contributed by atoms with Crippen LogP contribution in [0.4, 0.5) is 5.69 Å². The van der Waals surface area contributed by atoms with Crippen LogP contribution in [-0.4, -0.2) is 16.1 Å². The number of benzene rings is 1. The van der Waals surface area contributed by atoms with Crippen LogP contribution in [-0.2, 0) is 0 Å². The molecule has 0 amide bonds. The zero-order chi connectivity index (χ0) is 11.5. The number of aromatic nitrogens is 1. The molecule has 1 heterocycles. The zero-order valence-electron chi connectivity index (χ0n) is 8.42. The van der Waals surface area contributed by atoms with Crippen molar-refractivity contribution in [2.75, 3.05) is 5.73 Å². The Kier molecular flexibility index (Phi) is 2.55. The van der Waals surface area contributed by atoms with Crippen LogP contribution in [0.1, 0.15) is 10.4 Å². The fourth-order valence-electron chi connectivity index (χ4n) is 1.52. The standard InChI is InChI=1S/C12H10N2O2/c13-9-3-1-2-8(6-9)10-4-5-14-7-11(10)12(15)16/h1-7H,13H2,(H,15,16). The fraction of sp³-hybridized carbons (Fsp3) is 0. The molecular formula is C12H10N2O2. The van der Waals surface area contributed by atoms with E-state index in [4.69, 9.17) is 10.8 Å². The van der Waals surface area contributed by atoms with Crippen LogP contribution in [0.5, 0.6) is 0 Å². The van der Waals surface area contributed by atoms with Crippen LogP contribution < -0.4 is 5.73 Å². The maximum atomic E-state index is 11.0. The quantitative estimate of drug-likeness (QED) is 0.750. The maximum Gasteiger partial charge on any atom is 0.337 e. The summed E-state index contributed by atoms with van der Waals surface area (Å²) in [7, 11) is 0. The van der Waals surface area contributed by atoms with E-state index in [0.29, 0.717) is 11.3 Å². The highest BCUT2D eigenvalue weighted by atomic mass is 16.4. The van der Waals surface area contributed by atoms with Gasteiger partial charge in [-0.15, -0.1) is 0 Å². The number of nitrogens with two attached hydrogens (primary N) is 1. The molecule has 0 radical (unpaired) electrons. The first kappa shape index (κ1) is 10.2. The lowest BCUT2D eigenvalue weighted by Gasteiger charge is -2.05. The molecule has 0 aliphatic carbocycles. The lowest BCUT2D eigenvalue weighted by Crippen LogP contribution is -2.00. The lowest BCUT2D eigenvalue weighted by atomic mass is 10.0. The highest BCUT2D eigenvalue weighted by molar-refractivity contribution is 5.95. The van der Waals surface area contributed by atoms with Crippen molar-refractivity contribution >= 4 is 11.7 Å². The Morgan fingerprint density at radius 1 is 1.31 bits per heavy atom. The number of carbonyl (C=O) groups is 1. The molecule has 2 rings (SSSR count). The number of pyridine rings is 1. The first-order valence-electron chi connectivity index (χ1n) is 4.71. The number of hydrogen-bond donors (Lipinski definition) is 2. The van der Waals surface area contributed by atoms with Crippen LogP contribution in [0.3, 0.4) is 0 Å². The van der Waals surface area contributed by atoms with Gasteiger partial charge < -0.3 is 10.8 Å². The Balaban J connectivity index is 2.60. The highest BCUT2D eigenvalue weighted by Crippen LogP contribution is 2.24. The minimum atomic E-state index is -0.995. The molecule has 0 saturated carbocycles. The first-order valence-corrected chi connectivity index (χ1v) is 4.71. The monoisotopic (exact) mass is 214 g/mol. The predicted molar refractivity (Wildman–Crippen MR) is 61.0 cm³/mol. The Bertz CT molecular complexity index is 538. The van der Waals surface area contributed by atoms with Gasteiger partial charge in [-0.3, -0.25) is 4.98 Å². The smallest absolute Gasteiger partial charge is 0.337 e. The van der Waals surface area contributed by atoms with Crippen LogP contribution in [0.2, 0.25) is 0 Å². The van der Waals surface area contributed by atoms with Gasteiger partial charge in [0.25, 0.3) is 0 Å². The fourth-order valence-corrected chi connectivity index (χ4v) is 1.52. The van der Waals surface area contributed by atoms with Gasteiger partial charge in [-0.2, -0.15) is 0 Å². The first-order chi connectivity index (χ1) is 7.68. The second-order valence-corrected chi connectivity index (χ2v) is 3.35. The second kappa shape index (κ2) is 4.02. The number of carboxylic acid groups (broad SMARTS) is 1. The summed E-state index contributed by atoms with van der Waals surface area (Å²) in [4.78, 5) is 14.8. The van der Waals surface area contributed by atoms with Gasteiger partial charge in [0.15, 0.2) is 0 Å². The van der Waals surface area contributed by atoms with Crippen LogP contribution in [0.15, 0.2) is 42.7 Å². The van der Waals surface area contributed by atoms with Crippen molar-refractivity contribution in [3.05, 3.63) is 48.3 Å². The predicted octanol–water partition coefficient (Wildman–Crippen LogP) is 2.03. The van der Waals surface area contributed by atoms with E-state index in [0.717, 1.165) is 5.56 Å². The molecule has 4 heteroatoms. The van der Waals surface area contributed by atoms with Crippen molar-refractivity contribution in [3.8, 4) is 11.1 Å². The number of rotatable bonds is 2. The number of anilines is 1. The third-order valence-corrected chi connectivity index (χ3v) is 2.25. The molecule has 0 unspecified atom stereocenters. The van der Waals surface area contributed by atoms with E-state index in [2.05, 4.69) is 4.98 Å². The van der Waals surface area contributed by atoms with E-state index in [1.54, 1.807) is 30.5 Å². The molecule has 80 valence electrons.